The SMILES string of the molecule is Cl.Cl.NC(=O)c1cccc2c(-c3ccccc3)c(-c3ccc(C4(N)CCC4)cc3)oc12. The summed E-state index contributed by atoms with van der Waals surface area (Å²) in [7, 11) is 0. The molecule has 0 atom stereocenters. The smallest absolute Gasteiger partial charge is 0.252 e. The summed E-state index contributed by atoms with van der Waals surface area (Å²) in [4.78, 5) is 12.0. The monoisotopic (exact) mass is 454 g/mol. The molecule has 4 N–H and O–H groups in total. The van der Waals surface area contributed by atoms with Gasteiger partial charge < -0.3 is 15.9 Å². The summed E-state index contributed by atoms with van der Waals surface area (Å²) in [5, 5.41) is 0.876. The molecule has 1 fully saturated rings. The maximum absolute atomic E-state index is 12.0. The van der Waals surface area contributed by atoms with E-state index in [1.165, 1.54) is 6.42 Å². The zero-order valence-corrected chi connectivity index (χ0v) is 18.5. The molecule has 1 amide bonds. The number of rotatable bonds is 4. The largest absolute Gasteiger partial charge is 0.455 e. The predicted octanol–water partition coefficient (Wildman–Crippen LogP) is 6.05. The zero-order valence-electron chi connectivity index (χ0n) is 16.8. The van der Waals surface area contributed by atoms with Crippen molar-refractivity contribution in [1.29, 1.82) is 0 Å². The Balaban J connectivity index is 0.00000136. The Bertz CT molecular complexity index is 1210. The van der Waals surface area contributed by atoms with Gasteiger partial charge in [0.1, 0.15) is 11.3 Å². The number of hydrogen-bond donors (Lipinski definition) is 2. The maximum atomic E-state index is 12.0. The highest BCUT2D eigenvalue weighted by Crippen LogP contribution is 2.43. The van der Waals surface area contributed by atoms with E-state index in [0.717, 1.165) is 46.2 Å². The lowest BCUT2D eigenvalue weighted by atomic mass is 9.72. The fourth-order valence-electron chi connectivity index (χ4n) is 4.21. The molecule has 0 aliphatic heterocycles. The summed E-state index contributed by atoms with van der Waals surface area (Å²) in [5.74, 6) is 0.229. The average molecular weight is 455 g/mol. The molecule has 31 heavy (non-hydrogen) atoms. The molecule has 160 valence electrons. The third-order valence-electron chi connectivity index (χ3n) is 6.01. The van der Waals surface area contributed by atoms with Crippen molar-refractivity contribution in [3.63, 3.8) is 0 Å². The minimum atomic E-state index is -0.499. The number of benzene rings is 3. The molecule has 1 aliphatic carbocycles. The minimum absolute atomic E-state index is 0. The zero-order chi connectivity index (χ0) is 20.0. The number of carbonyl (C=O) groups excluding carboxylic acids is 1. The molecule has 0 saturated heterocycles. The lowest BCUT2D eigenvalue weighted by Crippen LogP contribution is -2.43. The van der Waals surface area contributed by atoms with Gasteiger partial charge in [-0.25, -0.2) is 0 Å². The van der Waals surface area contributed by atoms with Crippen molar-refractivity contribution in [3.05, 3.63) is 83.9 Å². The highest BCUT2D eigenvalue weighted by atomic mass is 35.5. The minimum Gasteiger partial charge on any atom is -0.455 e. The van der Waals surface area contributed by atoms with Crippen molar-refractivity contribution >= 4 is 41.7 Å². The Morgan fingerprint density at radius 1 is 0.839 bits per heavy atom. The fraction of sp³-hybridized carbons (Fsp3) is 0.160. The van der Waals surface area contributed by atoms with E-state index in [2.05, 4.69) is 24.3 Å². The first-order chi connectivity index (χ1) is 14.1. The number of hydrogen-bond acceptors (Lipinski definition) is 3. The van der Waals surface area contributed by atoms with E-state index in [1.54, 1.807) is 6.07 Å². The third-order valence-corrected chi connectivity index (χ3v) is 6.01. The molecular formula is C25H24Cl2N2O2. The highest BCUT2D eigenvalue weighted by Gasteiger charge is 2.34. The lowest BCUT2D eigenvalue weighted by Gasteiger charge is -2.38. The van der Waals surface area contributed by atoms with Gasteiger partial charge in [-0.1, -0.05) is 66.7 Å². The van der Waals surface area contributed by atoms with Crippen LogP contribution in [0.25, 0.3) is 33.4 Å². The first kappa shape index (κ1) is 22.9. The average Bonchev–Trinajstić information content (AvgIpc) is 3.12. The van der Waals surface area contributed by atoms with Crippen LogP contribution in [0, 0.1) is 0 Å². The first-order valence-electron chi connectivity index (χ1n) is 9.87. The van der Waals surface area contributed by atoms with Crippen molar-refractivity contribution in [2.45, 2.75) is 24.8 Å². The number of fused-ring (bicyclic) bond motifs is 1. The van der Waals surface area contributed by atoms with Gasteiger partial charge in [-0.2, -0.15) is 0 Å². The van der Waals surface area contributed by atoms with E-state index in [0.29, 0.717) is 11.1 Å². The summed E-state index contributed by atoms with van der Waals surface area (Å²) < 4.78 is 6.27. The molecule has 5 rings (SSSR count). The highest BCUT2D eigenvalue weighted by molar-refractivity contribution is 6.10. The molecule has 1 aliphatic rings. The molecule has 1 aromatic heterocycles. The Morgan fingerprint density at radius 2 is 1.52 bits per heavy atom. The van der Waals surface area contributed by atoms with E-state index >= 15 is 0 Å². The van der Waals surface area contributed by atoms with Crippen LogP contribution >= 0.6 is 24.8 Å². The van der Waals surface area contributed by atoms with Crippen LogP contribution in [-0.2, 0) is 5.54 Å². The Hall–Kier alpha value is -2.79. The third kappa shape index (κ3) is 3.83. The molecular weight excluding hydrogens is 431 g/mol. The van der Waals surface area contributed by atoms with E-state index in [-0.39, 0.29) is 30.4 Å². The van der Waals surface area contributed by atoms with Crippen LogP contribution in [0.2, 0.25) is 0 Å². The summed E-state index contributed by atoms with van der Waals surface area (Å²) >= 11 is 0. The number of halogens is 2. The molecule has 6 heteroatoms. The van der Waals surface area contributed by atoms with Gasteiger partial charge in [0, 0.05) is 22.1 Å². The van der Waals surface area contributed by atoms with Gasteiger partial charge >= 0.3 is 0 Å². The van der Waals surface area contributed by atoms with Gasteiger partial charge in [-0.15, -0.1) is 24.8 Å². The van der Waals surface area contributed by atoms with Gasteiger partial charge in [0.15, 0.2) is 0 Å². The van der Waals surface area contributed by atoms with E-state index in [4.69, 9.17) is 15.9 Å². The second-order valence-corrected chi connectivity index (χ2v) is 7.81. The molecule has 1 saturated carbocycles. The number of para-hydroxylation sites is 1. The number of amides is 1. The van der Waals surface area contributed by atoms with Crippen LogP contribution in [-0.4, -0.2) is 5.91 Å². The van der Waals surface area contributed by atoms with Gasteiger partial charge in [-0.3, -0.25) is 4.79 Å². The van der Waals surface area contributed by atoms with Crippen LogP contribution in [0.15, 0.2) is 77.2 Å². The van der Waals surface area contributed by atoms with Gasteiger partial charge in [-0.05, 0) is 36.5 Å². The first-order valence-corrected chi connectivity index (χ1v) is 9.87. The van der Waals surface area contributed by atoms with Crippen molar-refractivity contribution in [1.82, 2.24) is 0 Å². The molecule has 1 heterocycles. The molecule has 4 aromatic rings. The van der Waals surface area contributed by atoms with Crippen LogP contribution in [0.3, 0.4) is 0 Å². The second kappa shape index (κ2) is 8.75. The van der Waals surface area contributed by atoms with Crippen LogP contribution in [0.1, 0.15) is 35.2 Å². The lowest BCUT2D eigenvalue weighted by molar-refractivity contribution is 0.100. The van der Waals surface area contributed by atoms with Crippen molar-refractivity contribution < 1.29 is 9.21 Å². The summed E-state index contributed by atoms with van der Waals surface area (Å²) in [6.07, 6.45) is 3.22. The van der Waals surface area contributed by atoms with Crippen LogP contribution < -0.4 is 11.5 Å². The topological polar surface area (TPSA) is 82.2 Å². The summed E-state index contributed by atoms with van der Waals surface area (Å²) in [6, 6.07) is 23.8. The fourth-order valence-corrected chi connectivity index (χ4v) is 4.21. The van der Waals surface area contributed by atoms with Gasteiger partial charge in [0.05, 0.1) is 5.56 Å². The normalized spacial score (nSPS) is 14.2. The molecule has 0 radical (unpaired) electrons. The molecule has 0 spiro atoms. The van der Waals surface area contributed by atoms with Gasteiger partial charge in [0.25, 0.3) is 5.91 Å². The van der Waals surface area contributed by atoms with Gasteiger partial charge in [0.2, 0.25) is 0 Å². The van der Waals surface area contributed by atoms with Crippen molar-refractivity contribution in [2.75, 3.05) is 0 Å². The number of nitrogens with two attached hydrogens (primary N) is 2. The molecule has 3 aromatic carbocycles. The number of furan rings is 1. The maximum Gasteiger partial charge on any atom is 0.252 e. The number of carbonyl (C=O) groups is 1. The molecule has 0 unspecified atom stereocenters. The Labute approximate surface area is 193 Å². The Morgan fingerprint density at radius 3 is 2.10 bits per heavy atom. The molecule has 4 nitrogen and oxygen atoms in total. The quantitative estimate of drug-likeness (QED) is 0.393. The molecule has 0 bridgehead atoms. The standard InChI is InChI=1S/C25H22N2O2.2ClH/c26-24(28)20-9-4-8-19-21(16-6-2-1-3-7-16)22(29-23(19)20)17-10-12-18(13-11-17)25(27)14-5-15-25;;/h1-4,6-13H,5,14-15,27H2,(H2,26,28);2*1H. The Kier molecular flexibility index (Phi) is 6.46. The number of primary amides is 1. The van der Waals surface area contributed by atoms with E-state index in [9.17, 15) is 4.79 Å². The van der Waals surface area contributed by atoms with Crippen LogP contribution in [0.4, 0.5) is 0 Å². The van der Waals surface area contributed by atoms with E-state index in [1.807, 2.05) is 42.5 Å². The predicted molar refractivity (Wildman–Crippen MR) is 130 cm³/mol. The second-order valence-electron chi connectivity index (χ2n) is 7.81. The van der Waals surface area contributed by atoms with E-state index < -0.39 is 5.91 Å². The van der Waals surface area contributed by atoms with Crippen LogP contribution in [0.5, 0.6) is 0 Å². The summed E-state index contributed by atoms with van der Waals surface area (Å²) in [6.45, 7) is 0. The van der Waals surface area contributed by atoms with Crippen molar-refractivity contribution in [3.8, 4) is 22.5 Å². The van der Waals surface area contributed by atoms with Crippen molar-refractivity contribution in [2.24, 2.45) is 11.5 Å². The summed E-state index contributed by atoms with van der Waals surface area (Å²) in [5.41, 5.74) is 16.9.